The highest BCUT2D eigenvalue weighted by atomic mass is 16.5. The van der Waals surface area contributed by atoms with Gasteiger partial charge in [-0.3, -0.25) is 9.59 Å². The second kappa shape index (κ2) is 10.0. The van der Waals surface area contributed by atoms with Crippen LogP contribution in [0.15, 0.2) is 78.9 Å². The summed E-state index contributed by atoms with van der Waals surface area (Å²) in [5, 5.41) is 2.85. The number of nitrogens with one attached hydrogen (secondary N) is 1. The highest BCUT2D eigenvalue weighted by Gasteiger charge is 2.22. The van der Waals surface area contributed by atoms with E-state index in [1.165, 1.54) is 0 Å². The van der Waals surface area contributed by atoms with Crippen molar-refractivity contribution in [1.82, 2.24) is 0 Å². The summed E-state index contributed by atoms with van der Waals surface area (Å²) in [6.07, 6.45) is 0.799. The van der Waals surface area contributed by atoms with Crippen molar-refractivity contribution in [3.8, 4) is 11.5 Å². The van der Waals surface area contributed by atoms with E-state index >= 15 is 0 Å². The number of benzene rings is 3. The van der Waals surface area contributed by atoms with Crippen molar-refractivity contribution in [2.24, 2.45) is 0 Å². The van der Waals surface area contributed by atoms with E-state index in [9.17, 15) is 9.59 Å². The minimum absolute atomic E-state index is 0.142. The van der Waals surface area contributed by atoms with Gasteiger partial charge in [0.2, 0.25) is 5.91 Å². The average molecular weight is 431 g/mol. The lowest BCUT2D eigenvalue weighted by Gasteiger charge is -2.18. The molecule has 3 aromatic carbocycles. The maximum atomic E-state index is 12.5. The standard InChI is InChI=1S/C26H26N2O4/c1-19(32-24-15-11-22(12-16-24)28-17-5-8-25(28)29)26(30)27-21-9-13-23(14-10-21)31-18-20-6-3-2-4-7-20/h2-4,6-7,9-16,19H,5,8,17-18H2,1H3,(H,27,30)/t19-/m1/s1. The van der Waals surface area contributed by atoms with Crippen LogP contribution in [-0.2, 0) is 16.2 Å². The van der Waals surface area contributed by atoms with Gasteiger partial charge in [-0.2, -0.15) is 0 Å². The Hall–Kier alpha value is -3.80. The lowest BCUT2D eigenvalue weighted by Crippen LogP contribution is -2.30. The number of nitrogens with zero attached hydrogens (tertiary/aromatic N) is 1. The van der Waals surface area contributed by atoms with Crippen LogP contribution in [0.25, 0.3) is 0 Å². The summed E-state index contributed by atoms with van der Waals surface area (Å²) < 4.78 is 11.5. The molecule has 0 unspecified atom stereocenters. The minimum Gasteiger partial charge on any atom is -0.489 e. The Balaban J connectivity index is 1.27. The van der Waals surface area contributed by atoms with E-state index in [1.54, 1.807) is 36.1 Å². The third kappa shape index (κ3) is 5.46. The zero-order valence-corrected chi connectivity index (χ0v) is 18.0. The summed E-state index contributed by atoms with van der Waals surface area (Å²) in [5.41, 5.74) is 2.61. The van der Waals surface area contributed by atoms with Crippen LogP contribution in [0.4, 0.5) is 11.4 Å². The van der Waals surface area contributed by atoms with E-state index in [1.807, 2.05) is 54.6 Å². The van der Waals surface area contributed by atoms with Crippen molar-refractivity contribution in [3.05, 3.63) is 84.4 Å². The molecule has 32 heavy (non-hydrogen) atoms. The molecule has 0 aliphatic carbocycles. The molecule has 0 aromatic heterocycles. The number of ether oxygens (including phenoxy) is 2. The molecule has 1 aliphatic rings. The molecule has 1 fully saturated rings. The maximum Gasteiger partial charge on any atom is 0.265 e. The molecule has 6 heteroatoms. The number of hydrogen-bond acceptors (Lipinski definition) is 4. The van der Waals surface area contributed by atoms with Gasteiger partial charge in [0.05, 0.1) is 0 Å². The smallest absolute Gasteiger partial charge is 0.265 e. The number of anilines is 2. The van der Waals surface area contributed by atoms with Gasteiger partial charge in [0.25, 0.3) is 5.91 Å². The average Bonchev–Trinajstić information content (AvgIpc) is 3.25. The predicted molar refractivity (Wildman–Crippen MR) is 124 cm³/mol. The molecule has 0 spiro atoms. The van der Waals surface area contributed by atoms with Crippen molar-refractivity contribution in [2.75, 3.05) is 16.8 Å². The molecule has 2 amide bonds. The van der Waals surface area contributed by atoms with Gasteiger partial charge in [0.15, 0.2) is 6.10 Å². The van der Waals surface area contributed by atoms with Crippen LogP contribution in [-0.4, -0.2) is 24.5 Å². The first kappa shape index (κ1) is 21.4. The van der Waals surface area contributed by atoms with Crippen LogP contribution in [0.2, 0.25) is 0 Å². The first-order valence-corrected chi connectivity index (χ1v) is 10.7. The van der Waals surface area contributed by atoms with Crippen LogP contribution < -0.4 is 19.7 Å². The normalized spacial score (nSPS) is 14.2. The number of hydrogen-bond donors (Lipinski definition) is 1. The topological polar surface area (TPSA) is 67.9 Å². The summed E-state index contributed by atoms with van der Waals surface area (Å²) in [7, 11) is 0. The van der Waals surface area contributed by atoms with E-state index < -0.39 is 6.10 Å². The number of carbonyl (C=O) groups is 2. The highest BCUT2D eigenvalue weighted by Crippen LogP contribution is 2.24. The zero-order chi connectivity index (χ0) is 22.3. The Bertz CT molecular complexity index is 1050. The maximum absolute atomic E-state index is 12.5. The third-order valence-corrected chi connectivity index (χ3v) is 5.27. The van der Waals surface area contributed by atoms with Gasteiger partial charge < -0.3 is 19.7 Å². The van der Waals surface area contributed by atoms with Crippen molar-refractivity contribution in [1.29, 1.82) is 0 Å². The van der Waals surface area contributed by atoms with E-state index in [0.29, 0.717) is 24.5 Å². The summed E-state index contributed by atoms with van der Waals surface area (Å²) in [6, 6.07) is 24.4. The van der Waals surface area contributed by atoms with Gasteiger partial charge in [-0.25, -0.2) is 0 Å². The first-order chi connectivity index (χ1) is 15.6. The molecule has 1 saturated heterocycles. The molecule has 164 valence electrons. The molecule has 1 heterocycles. The second-order valence-corrected chi connectivity index (χ2v) is 7.69. The molecule has 0 saturated carbocycles. The summed E-state index contributed by atoms with van der Waals surface area (Å²) in [4.78, 5) is 26.1. The fourth-order valence-electron chi connectivity index (χ4n) is 3.50. The molecular weight excluding hydrogens is 404 g/mol. The number of carbonyl (C=O) groups excluding carboxylic acids is 2. The van der Waals surface area contributed by atoms with Crippen molar-refractivity contribution in [2.45, 2.75) is 32.5 Å². The summed E-state index contributed by atoms with van der Waals surface area (Å²) in [6.45, 7) is 2.93. The minimum atomic E-state index is -0.678. The van der Waals surface area contributed by atoms with Gasteiger partial charge in [0.1, 0.15) is 18.1 Å². The van der Waals surface area contributed by atoms with E-state index in [4.69, 9.17) is 9.47 Å². The first-order valence-electron chi connectivity index (χ1n) is 10.7. The van der Waals surface area contributed by atoms with Crippen LogP contribution in [0.5, 0.6) is 11.5 Å². The molecule has 1 atom stereocenters. The Morgan fingerprint density at radius 2 is 1.66 bits per heavy atom. The van der Waals surface area contributed by atoms with Crippen LogP contribution in [0.1, 0.15) is 25.3 Å². The quantitative estimate of drug-likeness (QED) is 0.558. The third-order valence-electron chi connectivity index (χ3n) is 5.27. The monoisotopic (exact) mass is 430 g/mol. The second-order valence-electron chi connectivity index (χ2n) is 7.69. The van der Waals surface area contributed by atoms with Gasteiger partial charge >= 0.3 is 0 Å². The van der Waals surface area contributed by atoms with Gasteiger partial charge in [-0.1, -0.05) is 30.3 Å². The predicted octanol–water partition coefficient (Wildman–Crippen LogP) is 4.80. The summed E-state index contributed by atoms with van der Waals surface area (Å²) in [5.74, 6) is 1.20. The lowest BCUT2D eigenvalue weighted by atomic mass is 10.2. The molecule has 3 aromatic rings. The number of amides is 2. The van der Waals surface area contributed by atoms with E-state index in [-0.39, 0.29) is 11.8 Å². The Morgan fingerprint density at radius 1 is 0.969 bits per heavy atom. The fraction of sp³-hybridized carbons (Fsp3) is 0.231. The molecule has 6 nitrogen and oxygen atoms in total. The lowest BCUT2D eigenvalue weighted by molar-refractivity contribution is -0.122. The van der Waals surface area contributed by atoms with Gasteiger partial charge in [-0.15, -0.1) is 0 Å². The van der Waals surface area contributed by atoms with Crippen LogP contribution >= 0.6 is 0 Å². The van der Waals surface area contributed by atoms with Gasteiger partial charge in [0, 0.05) is 24.3 Å². The van der Waals surface area contributed by atoms with Crippen molar-refractivity contribution >= 4 is 23.2 Å². The molecule has 4 rings (SSSR count). The van der Waals surface area contributed by atoms with Crippen LogP contribution in [0.3, 0.4) is 0 Å². The van der Waals surface area contributed by atoms with Crippen molar-refractivity contribution in [3.63, 3.8) is 0 Å². The van der Waals surface area contributed by atoms with Gasteiger partial charge in [-0.05, 0) is 67.4 Å². The Labute approximate surface area is 187 Å². The molecule has 0 bridgehead atoms. The van der Waals surface area contributed by atoms with E-state index in [0.717, 1.165) is 30.0 Å². The molecule has 1 aliphatic heterocycles. The summed E-state index contributed by atoms with van der Waals surface area (Å²) >= 11 is 0. The Kier molecular flexibility index (Phi) is 6.70. The Morgan fingerprint density at radius 3 is 2.31 bits per heavy atom. The number of rotatable bonds is 8. The molecule has 1 N–H and O–H groups in total. The molecular formula is C26H26N2O4. The highest BCUT2D eigenvalue weighted by molar-refractivity contribution is 5.95. The molecule has 0 radical (unpaired) electrons. The largest absolute Gasteiger partial charge is 0.489 e. The van der Waals surface area contributed by atoms with Crippen LogP contribution in [0, 0.1) is 0 Å². The SMILES string of the molecule is C[C@@H](Oc1ccc(N2CCCC2=O)cc1)C(=O)Nc1ccc(OCc2ccccc2)cc1. The fourth-order valence-corrected chi connectivity index (χ4v) is 3.50. The zero-order valence-electron chi connectivity index (χ0n) is 18.0. The van der Waals surface area contributed by atoms with Crippen molar-refractivity contribution < 1.29 is 19.1 Å². The van der Waals surface area contributed by atoms with E-state index in [2.05, 4.69) is 5.32 Å².